The predicted octanol–water partition coefficient (Wildman–Crippen LogP) is 0.970. The van der Waals surface area contributed by atoms with Gasteiger partial charge in [-0.05, 0) is 44.5 Å². The number of amides is 1. The van der Waals surface area contributed by atoms with E-state index in [-0.39, 0.29) is 29.0 Å². The Labute approximate surface area is 106 Å². The largest absolute Gasteiger partial charge is 0.504 e. The normalized spacial score (nSPS) is 20.1. The number of phenolic OH excluding ortho intramolecular Hbond substituents is 2. The number of para-hydroxylation sites is 1. The molecule has 1 aliphatic rings. The van der Waals surface area contributed by atoms with Gasteiger partial charge in [0.15, 0.2) is 11.5 Å². The molecule has 0 radical (unpaired) electrons. The molecule has 5 nitrogen and oxygen atoms in total. The van der Waals surface area contributed by atoms with Crippen LogP contribution in [-0.2, 0) is 0 Å². The lowest BCUT2D eigenvalue weighted by molar-refractivity contribution is 0.0930. The molecule has 0 spiro atoms. The average molecular weight is 250 g/mol. The molecule has 4 N–H and O–H groups in total. The summed E-state index contributed by atoms with van der Waals surface area (Å²) in [7, 11) is 0. The van der Waals surface area contributed by atoms with Crippen molar-refractivity contribution >= 4 is 5.91 Å². The second-order valence-electron chi connectivity index (χ2n) is 4.52. The van der Waals surface area contributed by atoms with Crippen LogP contribution in [0.2, 0.25) is 0 Å². The molecule has 98 valence electrons. The Hall–Kier alpha value is -1.75. The van der Waals surface area contributed by atoms with Crippen molar-refractivity contribution in [1.29, 1.82) is 0 Å². The monoisotopic (exact) mass is 250 g/mol. The summed E-state index contributed by atoms with van der Waals surface area (Å²) >= 11 is 0. The van der Waals surface area contributed by atoms with E-state index in [2.05, 4.69) is 10.6 Å². The number of rotatable bonds is 2. The molecule has 0 bridgehead atoms. The zero-order valence-corrected chi connectivity index (χ0v) is 10.1. The Morgan fingerprint density at radius 3 is 2.94 bits per heavy atom. The van der Waals surface area contributed by atoms with Crippen molar-refractivity contribution in [2.75, 3.05) is 13.1 Å². The van der Waals surface area contributed by atoms with Crippen molar-refractivity contribution < 1.29 is 15.0 Å². The highest BCUT2D eigenvalue weighted by atomic mass is 16.3. The summed E-state index contributed by atoms with van der Waals surface area (Å²) in [5.41, 5.74) is 0.118. The summed E-state index contributed by atoms with van der Waals surface area (Å²) in [5, 5.41) is 25.2. The molecular formula is C13H18N2O3. The van der Waals surface area contributed by atoms with Crippen molar-refractivity contribution in [2.45, 2.75) is 25.3 Å². The number of carbonyl (C=O) groups is 1. The standard InChI is InChI=1S/C13H18N2O3/c16-11-5-1-4-10(12(11)17)13(18)15-9-3-2-7-14-8-6-9/h1,4-5,9,14,16-17H,2-3,6-8H2,(H,15,18). The lowest BCUT2D eigenvalue weighted by Crippen LogP contribution is -2.35. The molecule has 0 aromatic heterocycles. The summed E-state index contributed by atoms with van der Waals surface area (Å²) in [6.07, 6.45) is 2.83. The topological polar surface area (TPSA) is 81.6 Å². The maximum absolute atomic E-state index is 12.0. The molecule has 1 heterocycles. The van der Waals surface area contributed by atoms with Gasteiger partial charge in [0, 0.05) is 6.04 Å². The van der Waals surface area contributed by atoms with Gasteiger partial charge in [-0.2, -0.15) is 0 Å². The molecule has 1 amide bonds. The minimum absolute atomic E-state index is 0.118. The van der Waals surface area contributed by atoms with Crippen LogP contribution in [0.4, 0.5) is 0 Å². The summed E-state index contributed by atoms with van der Waals surface area (Å²) in [5.74, 6) is -0.970. The highest BCUT2D eigenvalue weighted by Crippen LogP contribution is 2.28. The Morgan fingerprint density at radius 1 is 1.28 bits per heavy atom. The van der Waals surface area contributed by atoms with Crippen molar-refractivity contribution in [3.05, 3.63) is 23.8 Å². The fraction of sp³-hybridized carbons (Fsp3) is 0.462. The number of nitrogens with one attached hydrogen (secondary N) is 2. The third-order valence-corrected chi connectivity index (χ3v) is 3.17. The Kier molecular flexibility index (Phi) is 4.04. The van der Waals surface area contributed by atoms with E-state index in [1.54, 1.807) is 6.07 Å². The summed E-state index contributed by atoms with van der Waals surface area (Å²) in [6, 6.07) is 4.51. The van der Waals surface area contributed by atoms with Gasteiger partial charge in [-0.25, -0.2) is 0 Å². The van der Waals surface area contributed by atoms with Crippen molar-refractivity contribution in [3.63, 3.8) is 0 Å². The quantitative estimate of drug-likeness (QED) is 0.590. The van der Waals surface area contributed by atoms with Crippen LogP contribution < -0.4 is 10.6 Å². The van der Waals surface area contributed by atoms with Crippen LogP contribution in [0.1, 0.15) is 29.6 Å². The lowest BCUT2D eigenvalue weighted by atomic mass is 10.1. The van der Waals surface area contributed by atoms with Gasteiger partial charge >= 0.3 is 0 Å². The summed E-state index contributed by atoms with van der Waals surface area (Å²) < 4.78 is 0. The van der Waals surface area contributed by atoms with Gasteiger partial charge in [-0.15, -0.1) is 0 Å². The molecule has 1 aromatic carbocycles. The van der Waals surface area contributed by atoms with E-state index in [4.69, 9.17) is 0 Å². The number of carbonyl (C=O) groups excluding carboxylic acids is 1. The lowest BCUT2D eigenvalue weighted by Gasteiger charge is -2.16. The van der Waals surface area contributed by atoms with Gasteiger partial charge in [-0.1, -0.05) is 6.07 Å². The van der Waals surface area contributed by atoms with Crippen LogP contribution >= 0.6 is 0 Å². The molecule has 1 unspecified atom stereocenters. The fourth-order valence-electron chi connectivity index (χ4n) is 2.14. The fourth-order valence-corrected chi connectivity index (χ4v) is 2.14. The maximum atomic E-state index is 12.0. The molecule has 1 atom stereocenters. The minimum atomic E-state index is -0.359. The van der Waals surface area contributed by atoms with Crippen LogP contribution in [-0.4, -0.2) is 35.3 Å². The molecule has 18 heavy (non-hydrogen) atoms. The molecule has 2 rings (SSSR count). The number of phenols is 2. The highest BCUT2D eigenvalue weighted by molar-refractivity contribution is 5.97. The van der Waals surface area contributed by atoms with Crippen molar-refractivity contribution in [3.8, 4) is 11.5 Å². The number of benzene rings is 1. The van der Waals surface area contributed by atoms with Gasteiger partial charge in [0.25, 0.3) is 5.91 Å². The zero-order valence-electron chi connectivity index (χ0n) is 10.1. The molecule has 0 saturated carbocycles. The highest BCUT2D eigenvalue weighted by Gasteiger charge is 2.18. The molecule has 1 aliphatic heterocycles. The van der Waals surface area contributed by atoms with Crippen LogP contribution in [0, 0.1) is 0 Å². The van der Waals surface area contributed by atoms with E-state index in [0.29, 0.717) is 0 Å². The molecule has 0 aliphatic carbocycles. The summed E-state index contributed by atoms with van der Waals surface area (Å²) in [6.45, 7) is 1.86. The predicted molar refractivity (Wildman–Crippen MR) is 67.7 cm³/mol. The van der Waals surface area contributed by atoms with Crippen LogP contribution in [0.5, 0.6) is 11.5 Å². The van der Waals surface area contributed by atoms with E-state index in [0.717, 1.165) is 32.4 Å². The Morgan fingerprint density at radius 2 is 2.11 bits per heavy atom. The number of hydrogen-bond acceptors (Lipinski definition) is 4. The zero-order chi connectivity index (χ0) is 13.0. The minimum Gasteiger partial charge on any atom is -0.504 e. The van der Waals surface area contributed by atoms with Gasteiger partial charge in [0.2, 0.25) is 0 Å². The first-order valence-electron chi connectivity index (χ1n) is 6.21. The third-order valence-electron chi connectivity index (χ3n) is 3.17. The SMILES string of the molecule is O=C(NC1CCCNCC1)c1cccc(O)c1O. The second-order valence-corrected chi connectivity index (χ2v) is 4.52. The van der Waals surface area contributed by atoms with Gasteiger partial charge in [0.05, 0.1) is 5.56 Å². The van der Waals surface area contributed by atoms with Gasteiger partial charge < -0.3 is 20.8 Å². The van der Waals surface area contributed by atoms with Gasteiger partial charge in [0.1, 0.15) is 0 Å². The Bertz CT molecular complexity index is 426. The third kappa shape index (κ3) is 2.92. The summed E-state index contributed by atoms with van der Waals surface area (Å²) in [4.78, 5) is 12.0. The molecule has 1 fully saturated rings. The first kappa shape index (κ1) is 12.7. The first-order chi connectivity index (χ1) is 8.68. The van der Waals surface area contributed by atoms with Gasteiger partial charge in [-0.3, -0.25) is 4.79 Å². The molecule has 1 aromatic rings. The van der Waals surface area contributed by atoms with Crippen LogP contribution in [0.15, 0.2) is 18.2 Å². The molecule has 5 heteroatoms. The van der Waals surface area contributed by atoms with E-state index >= 15 is 0 Å². The number of hydrogen-bond donors (Lipinski definition) is 4. The van der Waals surface area contributed by atoms with Crippen LogP contribution in [0.25, 0.3) is 0 Å². The van der Waals surface area contributed by atoms with E-state index < -0.39 is 0 Å². The first-order valence-corrected chi connectivity index (χ1v) is 6.21. The van der Waals surface area contributed by atoms with Crippen LogP contribution in [0.3, 0.4) is 0 Å². The second kappa shape index (κ2) is 5.73. The van der Waals surface area contributed by atoms with E-state index in [1.165, 1.54) is 12.1 Å². The van der Waals surface area contributed by atoms with E-state index in [9.17, 15) is 15.0 Å². The average Bonchev–Trinajstić information content (AvgIpc) is 2.61. The molecular weight excluding hydrogens is 232 g/mol. The molecule has 1 saturated heterocycles. The van der Waals surface area contributed by atoms with Crippen molar-refractivity contribution in [1.82, 2.24) is 10.6 Å². The van der Waals surface area contributed by atoms with Crippen molar-refractivity contribution in [2.24, 2.45) is 0 Å². The smallest absolute Gasteiger partial charge is 0.255 e. The maximum Gasteiger partial charge on any atom is 0.255 e. The number of aromatic hydroxyl groups is 2. The Balaban J connectivity index is 2.04. The van der Waals surface area contributed by atoms with E-state index in [1.807, 2.05) is 0 Å².